The van der Waals surface area contributed by atoms with Crippen molar-refractivity contribution < 1.29 is 0 Å². The third-order valence-electron chi connectivity index (χ3n) is 5.15. The fourth-order valence-corrected chi connectivity index (χ4v) is 3.50. The first-order chi connectivity index (χ1) is 13.9. The van der Waals surface area contributed by atoms with Crippen LogP contribution in [0, 0.1) is 0 Å². The molecular formula is C23H33N5. The standard InChI is InChI=1S/C23H33N5/c1-2-3-4-5-6-7-8-9-10-11-14-21-19-25-28(20-21)23-16-12-15-22(26-23)27-18-13-17-24-27/h12-13,15-20H,2-11,14H2,1H3. The molecule has 28 heavy (non-hydrogen) atoms. The van der Waals surface area contributed by atoms with E-state index in [-0.39, 0.29) is 0 Å². The summed E-state index contributed by atoms with van der Waals surface area (Å²) in [6, 6.07) is 7.81. The van der Waals surface area contributed by atoms with Crippen molar-refractivity contribution >= 4 is 0 Å². The number of hydrogen-bond donors (Lipinski definition) is 0. The van der Waals surface area contributed by atoms with Gasteiger partial charge in [0.2, 0.25) is 0 Å². The zero-order valence-corrected chi connectivity index (χ0v) is 17.1. The van der Waals surface area contributed by atoms with Gasteiger partial charge >= 0.3 is 0 Å². The van der Waals surface area contributed by atoms with Gasteiger partial charge in [0.05, 0.1) is 6.20 Å². The second-order valence-electron chi connectivity index (χ2n) is 7.53. The number of rotatable bonds is 13. The first kappa shape index (κ1) is 20.3. The topological polar surface area (TPSA) is 48.5 Å². The Bertz CT molecular complexity index is 791. The van der Waals surface area contributed by atoms with Crippen molar-refractivity contribution in [2.45, 2.75) is 77.6 Å². The Balaban J connectivity index is 1.37. The van der Waals surface area contributed by atoms with E-state index in [1.807, 2.05) is 41.3 Å². The van der Waals surface area contributed by atoms with E-state index >= 15 is 0 Å². The van der Waals surface area contributed by atoms with E-state index in [0.29, 0.717) is 0 Å². The predicted octanol–water partition coefficient (Wildman–Crippen LogP) is 5.92. The van der Waals surface area contributed by atoms with Crippen LogP contribution in [0.2, 0.25) is 0 Å². The second-order valence-corrected chi connectivity index (χ2v) is 7.53. The van der Waals surface area contributed by atoms with Crippen molar-refractivity contribution in [3.63, 3.8) is 0 Å². The molecule has 0 N–H and O–H groups in total. The quantitative estimate of drug-likeness (QED) is 0.347. The van der Waals surface area contributed by atoms with E-state index in [1.54, 1.807) is 10.9 Å². The van der Waals surface area contributed by atoms with Crippen LogP contribution in [0.25, 0.3) is 11.6 Å². The van der Waals surface area contributed by atoms with Gasteiger partial charge in [-0.05, 0) is 36.6 Å². The van der Waals surface area contributed by atoms with Crippen LogP contribution < -0.4 is 0 Å². The summed E-state index contributed by atoms with van der Waals surface area (Å²) in [4.78, 5) is 4.66. The van der Waals surface area contributed by atoms with Gasteiger partial charge in [-0.2, -0.15) is 10.2 Å². The monoisotopic (exact) mass is 379 g/mol. The number of unbranched alkanes of at least 4 members (excludes halogenated alkanes) is 9. The fraction of sp³-hybridized carbons (Fsp3) is 0.522. The Labute approximate surface area is 168 Å². The maximum absolute atomic E-state index is 4.66. The van der Waals surface area contributed by atoms with Crippen molar-refractivity contribution in [2.24, 2.45) is 0 Å². The van der Waals surface area contributed by atoms with Crippen molar-refractivity contribution in [1.82, 2.24) is 24.5 Å². The summed E-state index contributed by atoms with van der Waals surface area (Å²) in [7, 11) is 0. The minimum Gasteiger partial charge on any atom is -0.223 e. The van der Waals surface area contributed by atoms with Crippen LogP contribution in [0.4, 0.5) is 0 Å². The summed E-state index contributed by atoms with van der Waals surface area (Å²) in [6.07, 6.45) is 22.5. The van der Waals surface area contributed by atoms with Gasteiger partial charge in [0, 0.05) is 18.6 Å². The Morgan fingerprint density at radius 3 is 2.11 bits per heavy atom. The molecule has 0 aliphatic heterocycles. The van der Waals surface area contributed by atoms with Gasteiger partial charge in [0.25, 0.3) is 0 Å². The van der Waals surface area contributed by atoms with Crippen LogP contribution >= 0.6 is 0 Å². The van der Waals surface area contributed by atoms with E-state index in [2.05, 4.69) is 28.3 Å². The molecule has 0 fully saturated rings. The molecule has 0 spiro atoms. The summed E-state index contributed by atoms with van der Waals surface area (Å²) in [5, 5.41) is 8.74. The molecule has 5 heteroatoms. The molecule has 0 saturated carbocycles. The lowest BCUT2D eigenvalue weighted by Gasteiger charge is -2.04. The average Bonchev–Trinajstić information content (AvgIpc) is 3.42. The molecule has 0 aliphatic carbocycles. The van der Waals surface area contributed by atoms with Gasteiger partial charge in [-0.1, -0.05) is 70.8 Å². The van der Waals surface area contributed by atoms with Gasteiger partial charge in [0.15, 0.2) is 11.6 Å². The molecule has 3 rings (SSSR count). The molecule has 0 bridgehead atoms. The molecule has 5 nitrogen and oxygen atoms in total. The number of aromatic nitrogens is 5. The molecule has 0 atom stereocenters. The fourth-order valence-electron chi connectivity index (χ4n) is 3.50. The summed E-state index contributed by atoms with van der Waals surface area (Å²) < 4.78 is 3.62. The Hall–Kier alpha value is -2.43. The Kier molecular flexibility index (Phi) is 8.28. The number of nitrogens with zero attached hydrogens (tertiary/aromatic N) is 5. The SMILES string of the molecule is CCCCCCCCCCCCc1cnn(-c2cccc(-n3cccn3)n2)c1. The van der Waals surface area contributed by atoms with E-state index < -0.39 is 0 Å². The molecule has 0 aliphatic rings. The van der Waals surface area contributed by atoms with Crippen LogP contribution in [-0.4, -0.2) is 24.5 Å². The average molecular weight is 380 g/mol. The van der Waals surface area contributed by atoms with Gasteiger partial charge in [0.1, 0.15) is 0 Å². The minimum atomic E-state index is 0.800. The van der Waals surface area contributed by atoms with Crippen LogP contribution in [0.3, 0.4) is 0 Å². The highest BCUT2D eigenvalue weighted by Crippen LogP contribution is 2.14. The lowest BCUT2D eigenvalue weighted by atomic mass is 10.0. The second kappa shape index (κ2) is 11.4. The molecule has 0 aromatic carbocycles. The highest BCUT2D eigenvalue weighted by molar-refractivity contribution is 5.31. The smallest absolute Gasteiger partial charge is 0.155 e. The molecule has 0 unspecified atom stereocenters. The highest BCUT2D eigenvalue weighted by atomic mass is 15.3. The van der Waals surface area contributed by atoms with Gasteiger partial charge in [-0.3, -0.25) is 0 Å². The maximum Gasteiger partial charge on any atom is 0.155 e. The molecular weight excluding hydrogens is 346 g/mol. The third-order valence-corrected chi connectivity index (χ3v) is 5.15. The summed E-state index contributed by atoms with van der Waals surface area (Å²) >= 11 is 0. The largest absolute Gasteiger partial charge is 0.223 e. The van der Waals surface area contributed by atoms with Crippen molar-refractivity contribution in [3.8, 4) is 11.6 Å². The molecule has 3 aromatic rings. The molecule has 150 valence electrons. The zero-order chi connectivity index (χ0) is 19.4. The lowest BCUT2D eigenvalue weighted by Crippen LogP contribution is -2.03. The van der Waals surface area contributed by atoms with E-state index in [4.69, 9.17) is 0 Å². The Morgan fingerprint density at radius 1 is 0.750 bits per heavy atom. The molecule has 0 radical (unpaired) electrons. The number of pyridine rings is 1. The van der Waals surface area contributed by atoms with Crippen molar-refractivity contribution in [2.75, 3.05) is 0 Å². The first-order valence-corrected chi connectivity index (χ1v) is 10.9. The van der Waals surface area contributed by atoms with Crippen LogP contribution in [-0.2, 0) is 6.42 Å². The van der Waals surface area contributed by atoms with Gasteiger partial charge in [-0.15, -0.1) is 0 Å². The first-order valence-electron chi connectivity index (χ1n) is 10.9. The highest BCUT2D eigenvalue weighted by Gasteiger charge is 2.05. The third kappa shape index (κ3) is 6.32. The lowest BCUT2D eigenvalue weighted by molar-refractivity contribution is 0.556. The summed E-state index contributed by atoms with van der Waals surface area (Å²) in [6.45, 7) is 2.28. The molecule has 3 aromatic heterocycles. The van der Waals surface area contributed by atoms with E-state index in [9.17, 15) is 0 Å². The minimum absolute atomic E-state index is 0.800. The summed E-state index contributed by atoms with van der Waals surface area (Å²) in [5.74, 6) is 1.62. The van der Waals surface area contributed by atoms with Gasteiger partial charge < -0.3 is 0 Å². The van der Waals surface area contributed by atoms with Crippen LogP contribution in [0.5, 0.6) is 0 Å². The molecule has 3 heterocycles. The normalized spacial score (nSPS) is 11.2. The van der Waals surface area contributed by atoms with E-state index in [1.165, 1.54) is 69.8 Å². The number of hydrogen-bond acceptors (Lipinski definition) is 3. The van der Waals surface area contributed by atoms with E-state index in [0.717, 1.165) is 18.1 Å². The molecule has 0 amide bonds. The van der Waals surface area contributed by atoms with Crippen molar-refractivity contribution in [1.29, 1.82) is 0 Å². The Morgan fingerprint density at radius 2 is 1.43 bits per heavy atom. The molecule has 0 saturated heterocycles. The van der Waals surface area contributed by atoms with Crippen LogP contribution in [0.1, 0.15) is 76.7 Å². The van der Waals surface area contributed by atoms with Gasteiger partial charge in [-0.25, -0.2) is 14.3 Å². The van der Waals surface area contributed by atoms with Crippen molar-refractivity contribution in [3.05, 3.63) is 54.6 Å². The summed E-state index contributed by atoms with van der Waals surface area (Å²) in [5.41, 5.74) is 1.28. The zero-order valence-electron chi connectivity index (χ0n) is 17.1. The number of aryl methyl sites for hydroxylation is 1. The maximum atomic E-state index is 4.66. The predicted molar refractivity (Wildman–Crippen MR) is 114 cm³/mol. The van der Waals surface area contributed by atoms with Crippen LogP contribution in [0.15, 0.2) is 49.1 Å².